The van der Waals surface area contributed by atoms with Gasteiger partial charge in [-0.1, -0.05) is 33.8 Å². The lowest BCUT2D eigenvalue weighted by Crippen LogP contribution is -2.44. The van der Waals surface area contributed by atoms with Gasteiger partial charge in [0.15, 0.2) is 0 Å². The third kappa shape index (κ3) is 5.76. The Morgan fingerprint density at radius 1 is 1.38 bits per heavy atom. The number of amides is 1. The summed E-state index contributed by atoms with van der Waals surface area (Å²) in [6.45, 7) is 9.58. The highest BCUT2D eigenvalue weighted by Crippen LogP contribution is 2.22. The molecule has 0 heterocycles. The number of hydrogen-bond donors (Lipinski definition) is 2. The molecular formula is C17H28N2O2. The van der Waals surface area contributed by atoms with Gasteiger partial charge in [-0.3, -0.25) is 4.79 Å². The molecule has 1 amide bonds. The molecule has 3 N–H and O–H groups in total. The first-order valence-corrected chi connectivity index (χ1v) is 7.62. The zero-order valence-electron chi connectivity index (χ0n) is 13.6. The van der Waals surface area contributed by atoms with Gasteiger partial charge in [0, 0.05) is 11.6 Å². The zero-order valence-corrected chi connectivity index (χ0v) is 13.6. The van der Waals surface area contributed by atoms with Crippen molar-refractivity contribution < 1.29 is 9.53 Å². The van der Waals surface area contributed by atoms with Crippen molar-refractivity contribution in [3.8, 4) is 5.75 Å². The van der Waals surface area contributed by atoms with Crippen molar-refractivity contribution in [1.82, 2.24) is 5.32 Å². The highest BCUT2D eigenvalue weighted by molar-refractivity contribution is 5.94. The third-order valence-corrected chi connectivity index (χ3v) is 3.38. The van der Waals surface area contributed by atoms with Crippen molar-refractivity contribution in [3.63, 3.8) is 0 Å². The van der Waals surface area contributed by atoms with E-state index in [1.54, 1.807) is 12.1 Å². The van der Waals surface area contributed by atoms with E-state index >= 15 is 0 Å². The minimum Gasteiger partial charge on any atom is -0.494 e. The SMILES string of the molecule is CCCOc1cccc(C(=O)NC(CCN)C(C)(C)C)c1. The molecule has 118 valence electrons. The summed E-state index contributed by atoms with van der Waals surface area (Å²) in [7, 11) is 0. The fourth-order valence-corrected chi connectivity index (χ4v) is 2.08. The Hall–Kier alpha value is -1.55. The van der Waals surface area contributed by atoms with Crippen molar-refractivity contribution in [2.75, 3.05) is 13.2 Å². The minimum absolute atomic E-state index is 0.0225. The second-order valence-electron chi connectivity index (χ2n) is 6.35. The molecule has 4 heteroatoms. The molecule has 0 fully saturated rings. The molecule has 1 aromatic rings. The van der Waals surface area contributed by atoms with Gasteiger partial charge in [-0.25, -0.2) is 0 Å². The number of rotatable bonds is 7. The summed E-state index contributed by atoms with van der Waals surface area (Å²) in [6, 6.07) is 7.35. The molecule has 0 bridgehead atoms. The summed E-state index contributed by atoms with van der Waals surface area (Å²) in [5.41, 5.74) is 6.25. The van der Waals surface area contributed by atoms with Crippen molar-refractivity contribution in [2.45, 2.75) is 46.6 Å². The fraction of sp³-hybridized carbons (Fsp3) is 0.588. The second-order valence-corrected chi connectivity index (χ2v) is 6.35. The number of carbonyl (C=O) groups is 1. The number of carbonyl (C=O) groups excluding carboxylic acids is 1. The summed E-state index contributed by atoms with van der Waals surface area (Å²) < 4.78 is 5.57. The monoisotopic (exact) mass is 292 g/mol. The number of hydrogen-bond acceptors (Lipinski definition) is 3. The first-order valence-electron chi connectivity index (χ1n) is 7.62. The summed E-state index contributed by atoms with van der Waals surface area (Å²) in [5.74, 6) is 0.654. The van der Waals surface area contributed by atoms with Gasteiger partial charge in [-0.05, 0) is 43.0 Å². The maximum atomic E-state index is 12.4. The number of nitrogens with two attached hydrogens (primary N) is 1. The average molecular weight is 292 g/mol. The van der Waals surface area contributed by atoms with Gasteiger partial charge >= 0.3 is 0 Å². The summed E-state index contributed by atoms with van der Waals surface area (Å²) >= 11 is 0. The molecular weight excluding hydrogens is 264 g/mol. The van der Waals surface area contributed by atoms with E-state index in [1.165, 1.54) is 0 Å². The number of nitrogens with one attached hydrogen (secondary N) is 1. The molecule has 0 radical (unpaired) electrons. The maximum Gasteiger partial charge on any atom is 0.251 e. The molecule has 0 saturated carbocycles. The van der Waals surface area contributed by atoms with E-state index in [-0.39, 0.29) is 17.4 Å². The van der Waals surface area contributed by atoms with Gasteiger partial charge in [0.1, 0.15) is 5.75 Å². The van der Waals surface area contributed by atoms with Crippen LogP contribution in [0.25, 0.3) is 0 Å². The van der Waals surface area contributed by atoms with Crippen molar-refractivity contribution >= 4 is 5.91 Å². The molecule has 1 aromatic carbocycles. The van der Waals surface area contributed by atoms with Crippen molar-refractivity contribution in [1.29, 1.82) is 0 Å². The predicted molar refractivity (Wildman–Crippen MR) is 86.6 cm³/mol. The Morgan fingerprint density at radius 2 is 2.10 bits per heavy atom. The Morgan fingerprint density at radius 3 is 2.67 bits per heavy atom. The van der Waals surface area contributed by atoms with E-state index in [2.05, 4.69) is 33.0 Å². The maximum absolute atomic E-state index is 12.4. The van der Waals surface area contributed by atoms with Crippen LogP contribution in [0.1, 0.15) is 50.9 Å². The van der Waals surface area contributed by atoms with E-state index in [4.69, 9.17) is 10.5 Å². The molecule has 4 nitrogen and oxygen atoms in total. The Bertz CT molecular complexity index is 452. The third-order valence-electron chi connectivity index (χ3n) is 3.38. The van der Waals surface area contributed by atoms with Crippen LogP contribution >= 0.6 is 0 Å². The van der Waals surface area contributed by atoms with Crippen LogP contribution in [0.3, 0.4) is 0 Å². The van der Waals surface area contributed by atoms with Crippen LogP contribution in [0.15, 0.2) is 24.3 Å². The van der Waals surface area contributed by atoms with Crippen LogP contribution in [0.5, 0.6) is 5.75 Å². The van der Waals surface area contributed by atoms with Crippen LogP contribution in [-0.2, 0) is 0 Å². The van der Waals surface area contributed by atoms with Crippen LogP contribution in [0.2, 0.25) is 0 Å². The molecule has 0 spiro atoms. The summed E-state index contributed by atoms with van der Waals surface area (Å²) in [6.07, 6.45) is 1.71. The highest BCUT2D eigenvalue weighted by Gasteiger charge is 2.25. The van der Waals surface area contributed by atoms with Crippen LogP contribution in [-0.4, -0.2) is 25.1 Å². The molecule has 0 aliphatic carbocycles. The lowest BCUT2D eigenvalue weighted by Gasteiger charge is -2.31. The number of ether oxygens (including phenoxy) is 1. The average Bonchev–Trinajstić information content (AvgIpc) is 2.44. The summed E-state index contributed by atoms with van der Waals surface area (Å²) in [5, 5.41) is 3.08. The van der Waals surface area contributed by atoms with Crippen LogP contribution < -0.4 is 15.8 Å². The van der Waals surface area contributed by atoms with Gasteiger partial charge in [0.05, 0.1) is 6.61 Å². The molecule has 1 atom stereocenters. The zero-order chi connectivity index (χ0) is 15.9. The second kappa shape index (κ2) is 8.03. The summed E-state index contributed by atoms with van der Waals surface area (Å²) in [4.78, 5) is 12.4. The van der Waals surface area contributed by atoms with Gasteiger partial charge in [0.2, 0.25) is 0 Å². The topological polar surface area (TPSA) is 64.3 Å². The van der Waals surface area contributed by atoms with Crippen molar-refractivity contribution in [2.24, 2.45) is 11.1 Å². The largest absolute Gasteiger partial charge is 0.494 e. The quantitative estimate of drug-likeness (QED) is 0.812. The van der Waals surface area contributed by atoms with Crippen molar-refractivity contribution in [3.05, 3.63) is 29.8 Å². The first-order chi connectivity index (χ1) is 9.88. The molecule has 1 unspecified atom stereocenters. The van der Waals surface area contributed by atoms with E-state index < -0.39 is 0 Å². The normalized spacial score (nSPS) is 12.8. The van der Waals surface area contributed by atoms with Crippen LogP contribution in [0, 0.1) is 5.41 Å². The molecule has 0 saturated heterocycles. The molecule has 21 heavy (non-hydrogen) atoms. The van der Waals surface area contributed by atoms with Gasteiger partial charge < -0.3 is 15.8 Å². The van der Waals surface area contributed by atoms with Gasteiger partial charge in [-0.2, -0.15) is 0 Å². The Balaban J connectivity index is 2.78. The van der Waals surface area contributed by atoms with Gasteiger partial charge in [-0.15, -0.1) is 0 Å². The number of benzene rings is 1. The molecule has 0 aromatic heterocycles. The first kappa shape index (κ1) is 17.5. The predicted octanol–water partition coefficient (Wildman–Crippen LogP) is 2.97. The lowest BCUT2D eigenvalue weighted by atomic mass is 9.84. The van der Waals surface area contributed by atoms with E-state index in [9.17, 15) is 4.79 Å². The van der Waals surface area contributed by atoms with Gasteiger partial charge in [0.25, 0.3) is 5.91 Å². The smallest absolute Gasteiger partial charge is 0.251 e. The fourth-order valence-electron chi connectivity index (χ4n) is 2.08. The Labute approximate surface area is 128 Å². The standard InChI is InChI=1S/C17H28N2O2/c1-5-11-21-14-8-6-7-13(12-14)16(20)19-15(9-10-18)17(2,3)4/h6-8,12,15H,5,9-11,18H2,1-4H3,(H,19,20). The molecule has 1 rings (SSSR count). The van der Waals surface area contributed by atoms with E-state index in [1.807, 2.05) is 12.1 Å². The van der Waals surface area contributed by atoms with E-state index in [0.717, 1.165) is 18.6 Å². The highest BCUT2D eigenvalue weighted by atomic mass is 16.5. The lowest BCUT2D eigenvalue weighted by molar-refractivity contribution is 0.0898. The molecule has 0 aliphatic rings. The van der Waals surface area contributed by atoms with Crippen LogP contribution in [0.4, 0.5) is 0 Å². The van der Waals surface area contributed by atoms with E-state index in [0.29, 0.717) is 18.7 Å². The minimum atomic E-state index is -0.0784. The Kier molecular flexibility index (Phi) is 6.69. The molecule has 0 aliphatic heterocycles.